The van der Waals surface area contributed by atoms with Crippen LogP contribution in [0.25, 0.3) is 0 Å². The van der Waals surface area contributed by atoms with Gasteiger partial charge in [0.15, 0.2) is 5.01 Å². The zero-order valence-corrected chi connectivity index (χ0v) is 19.6. The third-order valence-electron chi connectivity index (χ3n) is 4.44. The van der Waals surface area contributed by atoms with Crippen LogP contribution in [-0.2, 0) is 4.79 Å². The molecule has 0 saturated heterocycles. The molecule has 3 N–H and O–H groups in total. The molecule has 0 amide bonds. The molecule has 0 fully saturated rings. The van der Waals surface area contributed by atoms with E-state index in [-0.39, 0.29) is 36.3 Å². The Bertz CT molecular complexity index is 983. The number of ketones is 1. The van der Waals surface area contributed by atoms with Crippen LogP contribution in [0.2, 0.25) is 5.02 Å². The summed E-state index contributed by atoms with van der Waals surface area (Å²) in [6.45, 7) is 0.501. The molecule has 32 heavy (non-hydrogen) atoms. The SMILES string of the molecule is CN(CCC(Oc1ccc(C(=O)c2nccs2)cc1)c1ccc(Cl)cc1)CC(=O)O.Cl.O. The van der Waals surface area contributed by atoms with Crippen molar-refractivity contribution in [2.45, 2.75) is 12.5 Å². The molecule has 0 aliphatic carbocycles. The predicted octanol–water partition coefficient (Wildman–Crippen LogP) is 4.15. The number of hydrogen-bond donors (Lipinski definition) is 1. The molecule has 3 aromatic rings. The molecule has 0 aliphatic heterocycles. The number of benzene rings is 2. The van der Waals surface area contributed by atoms with Crippen LogP contribution in [-0.4, -0.2) is 52.4 Å². The Labute approximate surface area is 201 Å². The van der Waals surface area contributed by atoms with Crippen molar-refractivity contribution in [3.63, 3.8) is 0 Å². The maximum atomic E-state index is 12.4. The molecular formula is C22H24Cl2N2O5S. The van der Waals surface area contributed by atoms with E-state index < -0.39 is 5.97 Å². The summed E-state index contributed by atoms with van der Waals surface area (Å²) < 4.78 is 6.18. The topological polar surface area (TPSA) is 111 Å². The lowest BCUT2D eigenvalue weighted by atomic mass is 10.1. The number of carbonyl (C=O) groups excluding carboxylic acids is 1. The molecule has 0 aliphatic rings. The van der Waals surface area contributed by atoms with E-state index in [4.69, 9.17) is 21.4 Å². The summed E-state index contributed by atoms with van der Waals surface area (Å²) in [5, 5.41) is 11.8. The first-order valence-electron chi connectivity index (χ1n) is 9.29. The number of thiazole rings is 1. The molecule has 3 rings (SSSR count). The fraction of sp³-hybridized carbons (Fsp3) is 0.227. The summed E-state index contributed by atoms with van der Waals surface area (Å²) >= 11 is 7.30. The van der Waals surface area contributed by atoms with Gasteiger partial charge in [-0.15, -0.1) is 23.7 Å². The predicted molar refractivity (Wildman–Crippen MR) is 127 cm³/mol. The number of carboxylic acids is 1. The van der Waals surface area contributed by atoms with E-state index in [1.807, 2.05) is 12.1 Å². The van der Waals surface area contributed by atoms with Crippen molar-refractivity contribution in [3.8, 4) is 5.75 Å². The van der Waals surface area contributed by atoms with Crippen molar-refractivity contribution in [2.24, 2.45) is 0 Å². The van der Waals surface area contributed by atoms with Crippen LogP contribution in [0.3, 0.4) is 0 Å². The van der Waals surface area contributed by atoms with Crippen molar-refractivity contribution < 1.29 is 24.9 Å². The highest BCUT2D eigenvalue weighted by Crippen LogP contribution is 2.27. The summed E-state index contributed by atoms with van der Waals surface area (Å²) in [4.78, 5) is 29.1. The first-order valence-corrected chi connectivity index (χ1v) is 10.5. The first-order chi connectivity index (χ1) is 14.4. The largest absolute Gasteiger partial charge is 0.486 e. The highest BCUT2D eigenvalue weighted by atomic mass is 35.5. The number of hydrogen-bond acceptors (Lipinski definition) is 6. The van der Waals surface area contributed by atoms with E-state index in [9.17, 15) is 9.59 Å². The Morgan fingerprint density at radius 1 is 1.16 bits per heavy atom. The van der Waals surface area contributed by atoms with Gasteiger partial charge in [-0.05, 0) is 49.0 Å². The van der Waals surface area contributed by atoms with Crippen molar-refractivity contribution >= 4 is 47.1 Å². The zero-order valence-electron chi connectivity index (χ0n) is 17.2. The van der Waals surface area contributed by atoms with Crippen molar-refractivity contribution in [3.05, 3.63) is 81.3 Å². The molecule has 172 valence electrons. The molecule has 1 unspecified atom stereocenters. The minimum Gasteiger partial charge on any atom is -0.486 e. The number of rotatable bonds is 10. The number of ether oxygens (including phenoxy) is 1. The Kier molecular flexibility index (Phi) is 11.3. The Balaban J connectivity index is 0.00000256. The van der Waals surface area contributed by atoms with E-state index in [2.05, 4.69) is 4.98 Å². The molecule has 0 spiro atoms. The number of likely N-dealkylation sites (N-methyl/N-ethyl adjacent to an activating group) is 1. The van der Waals surface area contributed by atoms with Gasteiger partial charge in [0.1, 0.15) is 11.9 Å². The van der Waals surface area contributed by atoms with Gasteiger partial charge in [0, 0.05) is 35.1 Å². The van der Waals surface area contributed by atoms with E-state index in [1.165, 1.54) is 11.3 Å². The molecule has 0 saturated carbocycles. The van der Waals surface area contributed by atoms with Crippen molar-refractivity contribution in [1.29, 1.82) is 0 Å². The number of aromatic nitrogens is 1. The van der Waals surface area contributed by atoms with Gasteiger partial charge in [-0.1, -0.05) is 23.7 Å². The minimum atomic E-state index is -0.873. The molecule has 1 atom stereocenters. The lowest BCUT2D eigenvalue weighted by Gasteiger charge is -2.22. The van der Waals surface area contributed by atoms with Gasteiger partial charge < -0.3 is 15.3 Å². The van der Waals surface area contributed by atoms with E-state index in [0.29, 0.717) is 34.3 Å². The molecule has 0 radical (unpaired) electrons. The van der Waals surface area contributed by atoms with Crippen LogP contribution >= 0.6 is 35.3 Å². The number of carbonyl (C=O) groups is 2. The fourth-order valence-electron chi connectivity index (χ4n) is 2.93. The maximum Gasteiger partial charge on any atom is 0.317 e. The van der Waals surface area contributed by atoms with Gasteiger partial charge in [-0.2, -0.15) is 0 Å². The quantitative estimate of drug-likeness (QED) is 0.420. The Morgan fingerprint density at radius 3 is 2.38 bits per heavy atom. The average Bonchev–Trinajstić information content (AvgIpc) is 3.26. The van der Waals surface area contributed by atoms with Crippen molar-refractivity contribution in [2.75, 3.05) is 20.1 Å². The van der Waals surface area contributed by atoms with E-state index >= 15 is 0 Å². The Hall–Kier alpha value is -2.49. The summed E-state index contributed by atoms with van der Waals surface area (Å²) in [6, 6.07) is 14.3. The van der Waals surface area contributed by atoms with Crippen LogP contribution in [0.4, 0.5) is 0 Å². The van der Waals surface area contributed by atoms with Gasteiger partial charge in [-0.3, -0.25) is 14.5 Å². The normalized spacial score (nSPS) is 11.2. The molecule has 1 aromatic heterocycles. The van der Waals surface area contributed by atoms with Gasteiger partial charge in [0.25, 0.3) is 0 Å². The first kappa shape index (κ1) is 27.5. The highest BCUT2D eigenvalue weighted by Gasteiger charge is 2.17. The Morgan fingerprint density at radius 2 is 1.81 bits per heavy atom. The highest BCUT2D eigenvalue weighted by molar-refractivity contribution is 7.11. The summed E-state index contributed by atoms with van der Waals surface area (Å²) in [5.74, 6) is -0.380. The van der Waals surface area contributed by atoms with Crippen LogP contribution in [0.1, 0.15) is 33.5 Å². The van der Waals surface area contributed by atoms with Gasteiger partial charge in [-0.25, -0.2) is 4.98 Å². The van der Waals surface area contributed by atoms with E-state index in [1.54, 1.807) is 59.9 Å². The monoisotopic (exact) mass is 498 g/mol. The molecule has 1 heterocycles. The maximum absolute atomic E-state index is 12.4. The van der Waals surface area contributed by atoms with Gasteiger partial charge in [0.05, 0.1) is 6.54 Å². The zero-order chi connectivity index (χ0) is 21.5. The van der Waals surface area contributed by atoms with E-state index in [0.717, 1.165) is 5.56 Å². The third-order valence-corrected chi connectivity index (χ3v) is 5.47. The second-order valence-corrected chi connectivity index (χ2v) is 8.10. The summed E-state index contributed by atoms with van der Waals surface area (Å²) in [6.07, 6.45) is 1.90. The lowest BCUT2D eigenvalue weighted by molar-refractivity contribution is -0.138. The summed E-state index contributed by atoms with van der Waals surface area (Å²) in [5.41, 5.74) is 1.48. The average molecular weight is 499 g/mol. The van der Waals surface area contributed by atoms with Crippen LogP contribution in [0.5, 0.6) is 5.75 Å². The molecule has 10 heteroatoms. The van der Waals surface area contributed by atoms with Crippen LogP contribution in [0.15, 0.2) is 60.1 Å². The molecular weight excluding hydrogens is 475 g/mol. The lowest BCUT2D eigenvalue weighted by Crippen LogP contribution is -2.28. The van der Waals surface area contributed by atoms with Gasteiger partial charge >= 0.3 is 5.97 Å². The second kappa shape index (κ2) is 13.1. The smallest absolute Gasteiger partial charge is 0.317 e. The van der Waals surface area contributed by atoms with Crippen molar-refractivity contribution in [1.82, 2.24) is 9.88 Å². The molecule has 2 aromatic carbocycles. The number of nitrogens with zero attached hydrogens (tertiary/aromatic N) is 2. The van der Waals surface area contributed by atoms with Crippen LogP contribution < -0.4 is 4.74 Å². The molecule has 7 nitrogen and oxygen atoms in total. The molecule has 0 bridgehead atoms. The van der Waals surface area contributed by atoms with Gasteiger partial charge in [0.2, 0.25) is 5.78 Å². The number of aliphatic carboxylic acids is 1. The summed E-state index contributed by atoms with van der Waals surface area (Å²) in [7, 11) is 1.76. The number of carboxylic acid groups (broad SMARTS) is 1. The fourth-order valence-corrected chi connectivity index (χ4v) is 3.65. The minimum absolute atomic E-state index is 0. The van der Waals surface area contributed by atoms with Crippen LogP contribution in [0, 0.1) is 0 Å². The third kappa shape index (κ3) is 7.89. The second-order valence-electron chi connectivity index (χ2n) is 6.77. The number of halogens is 2. The standard InChI is InChI=1S/C22H21ClN2O4S.ClH.H2O/c1-25(14-20(26)27)12-10-19(15-2-6-17(23)7-3-15)29-18-8-4-16(5-9-18)21(28)22-24-11-13-30-22;;/h2-9,11,13,19H,10,12,14H2,1H3,(H,26,27);1H;1H2.